The number of carboxylic acids is 1. The van der Waals surface area contributed by atoms with Crippen LogP contribution in [0.25, 0.3) is 0 Å². The van der Waals surface area contributed by atoms with Gasteiger partial charge in [-0.1, -0.05) is 102 Å². The smallest absolute Gasteiger partial charge is 0.325 e. The van der Waals surface area contributed by atoms with Crippen LogP contribution in [0.15, 0.2) is 0 Å². The Morgan fingerprint density at radius 2 is 1.09 bits per heavy atom. The topological polar surface area (TPSA) is 66.4 Å². The van der Waals surface area contributed by atoms with Gasteiger partial charge in [-0.15, -0.1) is 0 Å². The van der Waals surface area contributed by atoms with Crippen molar-refractivity contribution in [1.82, 2.24) is 5.32 Å². The number of carbonyl (C=O) groups is 2. The fourth-order valence-corrected chi connectivity index (χ4v) is 3.50. The Bertz CT molecular complexity index is 591. The lowest BCUT2D eigenvalue weighted by Crippen LogP contribution is -2.38. The molecule has 0 unspecified atom stereocenters. The van der Waals surface area contributed by atoms with Crippen LogP contribution in [0, 0.1) is 23.7 Å². The van der Waals surface area contributed by atoms with Crippen molar-refractivity contribution >= 4 is 11.9 Å². The maximum Gasteiger partial charge on any atom is 0.325 e. The lowest BCUT2D eigenvalue weighted by Gasteiger charge is -2.08. The van der Waals surface area contributed by atoms with Gasteiger partial charge in [0.25, 0.3) is 0 Å². The van der Waals surface area contributed by atoms with Crippen LogP contribution >= 0.6 is 0 Å². The summed E-state index contributed by atoms with van der Waals surface area (Å²) >= 11 is 0. The minimum Gasteiger partial charge on any atom is -0.480 e. The molecule has 0 aliphatic heterocycles. The van der Waals surface area contributed by atoms with Crippen LogP contribution in [-0.4, -0.2) is 23.0 Å². The zero-order valence-corrected chi connectivity index (χ0v) is 20.8. The molecule has 0 saturated carbocycles. The van der Waals surface area contributed by atoms with Gasteiger partial charge >= 0.3 is 5.97 Å². The molecule has 1 amide bonds. The van der Waals surface area contributed by atoms with E-state index >= 15 is 0 Å². The maximum absolute atomic E-state index is 11.6. The minimum atomic E-state index is -0.999. The van der Waals surface area contributed by atoms with E-state index in [0.717, 1.165) is 51.4 Å². The van der Waals surface area contributed by atoms with Gasteiger partial charge in [0.1, 0.15) is 6.04 Å². The molecule has 0 aromatic carbocycles. The molecule has 0 aromatic rings. The number of amides is 1. The molecule has 32 heavy (non-hydrogen) atoms. The summed E-state index contributed by atoms with van der Waals surface area (Å²) in [6.45, 7) is 3.75. The number of carboxylic acid groups (broad SMARTS) is 1. The van der Waals surface area contributed by atoms with E-state index in [1.54, 1.807) is 0 Å². The molecule has 0 aromatic heterocycles. The zero-order chi connectivity index (χ0) is 23.7. The third-order valence-electron chi connectivity index (χ3n) is 5.60. The van der Waals surface area contributed by atoms with Crippen LogP contribution < -0.4 is 5.32 Å². The predicted molar refractivity (Wildman–Crippen MR) is 134 cm³/mol. The van der Waals surface area contributed by atoms with Crippen molar-refractivity contribution in [3.05, 3.63) is 0 Å². The van der Waals surface area contributed by atoms with Crippen molar-refractivity contribution in [3.8, 4) is 23.7 Å². The number of unbranched alkanes of at least 4 members (excludes halogenated alkanes) is 16. The Labute approximate surface area is 197 Å². The second-order valence-corrected chi connectivity index (χ2v) is 8.78. The molecule has 0 aliphatic carbocycles. The first-order chi connectivity index (χ1) is 15.6. The first-order valence-electron chi connectivity index (χ1n) is 13.1. The molecular weight excluding hydrogens is 398 g/mol. The highest BCUT2D eigenvalue weighted by molar-refractivity contribution is 5.83. The van der Waals surface area contributed by atoms with Crippen molar-refractivity contribution in [2.45, 2.75) is 142 Å². The molecule has 0 aliphatic rings. The van der Waals surface area contributed by atoms with Gasteiger partial charge in [0.2, 0.25) is 5.91 Å². The SMILES string of the molecule is CCCCCCCCCCCCC#CC#CCCCCCCCCC(=O)N[C@@H](C)C(=O)O. The average molecular weight is 446 g/mol. The Balaban J connectivity index is 3.37. The standard InChI is InChI=1S/C28H47NO3/c1-3-4-5-6-7-8-9-10-11-12-13-14-15-16-17-18-19-20-21-22-23-24-25-27(30)29-26(2)28(31)32/h26H,3-13,18-25H2,1-2H3,(H,29,30)(H,31,32)/t26-/m0/s1. The number of hydrogen-bond donors (Lipinski definition) is 2. The summed E-state index contributed by atoms with van der Waals surface area (Å²) in [7, 11) is 0. The second-order valence-electron chi connectivity index (χ2n) is 8.78. The van der Waals surface area contributed by atoms with Crippen molar-refractivity contribution in [3.63, 3.8) is 0 Å². The summed E-state index contributed by atoms with van der Waals surface area (Å²) in [5.41, 5.74) is 0. The van der Waals surface area contributed by atoms with Crippen LogP contribution in [0.2, 0.25) is 0 Å². The molecule has 0 saturated heterocycles. The van der Waals surface area contributed by atoms with Crippen molar-refractivity contribution in [2.75, 3.05) is 0 Å². The Hall–Kier alpha value is -1.94. The molecule has 0 radical (unpaired) electrons. The highest BCUT2D eigenvalue weighted by Gasteiger charge is 2.12. The van der Waals surface area contributed by atoms with E-state index in [4.69, 9.17) is 5.11 Å². The summed E-state index contributed by atoms with van der Waals surface area (Å²) in [6, 6.07) is -0.812. The third-order valence-corrected chi connectivity index (χ3v) is 5.60. The predicted octanol–water partition coefficient (Wildman–Crippen LogP) is 7.01. The van der Waals surface area contributed by atoms with Crippen LogP contribution in [0.4, 0.5) is 0 Å². The highest BCUT2D eigenvalue weighted by atomic mass is 16.4. The molecule has 4 heteroatoms. The number of hydrogen-bond acceptors (Lipinski definition) is 2. The lowest BCUT2D eigenvalue weighted by atomic mass is 10.1. The van der Waals surface area contributed by atoms with Gasteiger partial charge in [-0.05, 0) is 38.0 Å². The summed E-state index contributed by atoms with van der Waals surface area (Å²) in [5, 5.41) is 11.2. The fourth-order valence-electron chi connectivity index (χ4n) is 3.50. The summed E-state index contributed by atoms with van der Waals surface area (Å²) in [6.07, 6.45) is 22.2. The first kappa shape index (κ1) is 30.1. The monoisotopic (exact) mass is 445 g/mol. The average Bonchev–Trinajstić information content (AvgIpc) is 2.77. The zero-order valence-electron chi connectivity index (χ0n) is 20.8. The molecule has 4 nitrogen and oxygen atoms in total. The minimum absolute atomic E-state index is 0.176. The second kappa shape index (κ2) is 23.7. The Kier molecular flexibility index (Phi) is 22.3. The summed E-state index contributed by atoms with van der Waals surface area (Å²) in [5.74, 6) is 11.1. The van der Waals surface area contributed by atoms with Gasteiger partial charge in [-0.3, -0.25) is 9.59 Å². The normalized spacial score (nSPS) is 11.1. The van der Waals surface area contributed by atoms with Crippen LogP contribution in [-0.2, 0) is 9.59 Å². The molecule has 0 rings (SSSR count). The van der Waals surface area contributed by atoms with Gasteiger partial charge in [0.15, 0.2) is 0 Å². The third kappa shape index (κ3) is 22.7. The fraction of sp³-hybridized carbons (Fsp3) is 0.786. The molecule has 0 bridgehead atoms. The van der Waals surface area contributed by atoms with Crippen LogP contribution in [0.3, 0.4) is 0 Å². The van der Waals surface area contributed by atoms with E-state index in [1.807, 2.05) is 0 Å². The number of rotatable bonds is 20. The van der Waals surface area contributed by atoms with Gasteiger partial charge in [0, 0.05) is 19.3 Å². The lowest BCUT2D eigenvalue weighted by molar-refractivity contribution is -0.141. The van der Waals surface area contributed by atoms with Gasteiger partial charge < -0.3 is 10.4 Å². The number of carbonyl (C=O) groups excluding carboxylic acids is 1. The molecular formula is C28H47NO3. The quantitative estimate of drug-likeness (QED) is 0.156. The van der Waals surface area contributed by atoms with E-state index in [1.165, 1.54) is 71.1 Å². The van der Waals surface area contributed by atoms with E-state index in [-0.39, 0.29) is 5.91 Å². The van der Waals surface area contributed by atoms with Crippen LogP contribution in [0.1, 0.15) is 136 Å². The highest BCUT2D eigenvalue weighted by Crippen LogP contribution is 2.11. The van der Waals surface area contributed by atoms with Gasteiger partial charge in [-0.2, -0.15) is 0 Å². The molecule has 182 valence electrons. The Morgan fingerprint density at radius 1 is 0.688 bits per heavy atom. The largest absolute Gasteiger partial charge is 0.480 e. The number of aliphatic carboxylic acids is 1. The van der Waals surface area contributed by atoms with Gasteiger partial charge in [-0.25, -0.2) is 0 Å². The van der Waals surface area contributed by atoms with E-state index < -0.39 is 12.0 Å². The van der Waals surface area contributed by atoms with E-state index in [9.17, 15) is 9.59 Å². The van der Waals surface area contributed by atoms with Crippen molar-refractivity contribution in [1.29, 1.82) is 0 Å². The molecule has 0 fully saturated rings. The maximum atomic E-state index is 11.6. The summed E-state index contributed by atoms with van der Waals surface area (Å²) in [4.78, 5) is 22.2. The van der Waals surface area contributed by atoms with Gasteiger partial charge in [0.05, 0.1) is 0 Å². The van der Waals surface area contributed by atoms with Crippen molar-refractivity contribution < 1.29 is 14.7 Å². The Morgan fingerprint density at radius 3 is 1.53 bits per heavy atom. The summed E-state index contributed by atoms with van der Waals surface area (Å²) < 4.78 is 0. The van der Waals surface area contributed by atoms with E-state index in [0.29, 0.717) is 6.42 Å². The van der Waals surface area contributed by atoms with E-state index in [2.05, 4.69) is 35.9 Å². The number of nitrogens with one attached hydrogen (secondary N) is 1. The molecule has 2 N–H and O–H groups in total. The molecule has 0 spiro atoms. The first-order valence-corrected chi connectivity index (χ1v) is 13.1. The molecule has 1 atom stereocenters. The molecule has 0 heterocycles. The van der Waals surface area contributed by atoms with Crippen molar-refractivity contribution in [2.24, 2.45) is 0 Å². The van der Waals surface area contributed by atoms with Crippen LogP contribution in [0.5, 0.6) is 0 Å².